The first-order valence-corrected chi connectivity index (χ1v) is 6.19. The van der Waals surface area contributed by atoms with Crippen molar-refractivity contribution in [1.82, 2.24) is 9.97 Å². The van der Waals surface area contributed by atoms with Crippen molar-refractivity contribution in [3.8, 4) is 16.9 Å². The predicted octanol–water partition coefficient (Wildman–Crippen LogP) is 2.16. The first kappa shape index (κ1) is 14.1. The Bertz CT molecular complexity index is 654. The molecule has 2 rings (SSSR count). The number of aliphatic hydroxyl groups excluding tert-OH is 1. The largest absolute Gasteiger partial charge is 0.496 e. The number of benzene rings is 1. The number of hydrogen-bond donors (Lipinski definition) is 1. The zero-order valence-corrected chi connectivity index (χ0v) is 11.7. The molecule has 1 aromatic carbocycles. The summed E-state index contributed by atoms with van der Waals surface area (Å²) >= 11 is 0. The second kappa shape index (κ2) is 5.79. The van der Waals surface area contributed by atoms with E-state index in [2.05, 4.69) is 9.97 Å². The summed E-state index contributed by atoms with van der Waals surface area (Å²) < 4.78 is 5.33. The predicted molar refractivity (Wildman–Crippen MR) is 74.7 cm³/mol. The number of ketones is 1. The van der Waals surface area contributed by atoms with E-state index in [0.29, 0.717) is 28.4 Å². The number of carbonyl (C=O) groups is 1. The molecule has 104 valence electrons. The van der Waals surface area contributed by atoms with Gasteiger partial charge in [-0.1, -0.05) is 6.07 Å². The maximum atomic E-state index is 11.4. The molecular weight excluding hydrogens is 256 g/mol. The SMILES string of the molecule is COc1cc(C(C)=O)ccc1-c1cnc(C)nc1CO. The minimum Gasteiger partial charge on any atom is -0.496 e. The smallest absolute Gasteiger partial charge is 0.159 e. The van der Waals surface area contributed by atoms with Gasteiger partial charge in [0.25, 0.3) is 0 Å². The lowest BCUT2D eigenvalue weighted by molar-refractivity contribution is 0.101. The van der Waals surface area contributed by atoms with Crippen LogP contribution < -0.4 is 4.74 Å². The van der Waals surface area contributed by atoms with Crippen molar-refractivity contribution < 1.29 is 14.6 Å². The first-order chi connectivity index (χ1) is 9.56. The summed E-state index contributed by atoms with van der Waals surface area (Å²) in [5.74, 6) is 1.12. The molecule has 0 saturated heterocycles. The highest BCUT2D eigenvalue weighted by atomic mass is 16.5. The van der Waals surface area contributed by atoms with Crippen LogP contribution in [0.25, 0.3) is 11.1 Å². The van der Waals surface area contributed by atoms with Crippen molar-refractivity contribution in [2.45, 2.75) is 20.5 Å². The first-order valence-electron chi connectivity index (χ1n) is 6.19. The van der Waals surface area contributed by atoms with E-state index >= 15 is 0 Å². The molecule has 0 aliphatic carbocycles. The molecule has 0 atom stereocenters. The maximum absolute atomic E-state index is 11.4. The fourth-order valence-corrected chi connectivity index (χ4v) is 2.00. The van der Waals surface area contributed by atoms with Crippen LogP contribution in [0.4, 0.5) is 0 Å². The molecule has 0 radical (unpaired) electrons. The lowest BCUT2D eigenvalue weighted by Crippen LogP contribution is -2.01. The van der Waals surface area contributed by atoms with E-state index in [1.54, 1.807) is 31.3 Å². The van der Waals surface area contributed by atoms with Crippen LogP contribution in [-0.2, 0) is 6.61 Å². The van der Waals surface area contributed by atoms with Crippen LogP contribution in [0.15, 0.2) is 24.4 Å². The summed E-state index contributed by atoms with van der Waals surface area (Å²) in [6, 6.07) is 5.18. The Morgan fingerprint density at radius 3 is 2.70 bits per heavy atom. The van der Waals surface area contributed by atoms with E-state index in [1.807, 2.05) is 0 Å². The third kappa shape index (κ3) is 2.67. The van der Waals surface area contributed by atoms with Crippen molar-refractivity contribution in [3.63, 3.8) is 0 Å². The number of aromatic nitrogens is 2. The number of nitrogens with zero attached hydrogens (tertiary/aromatic N) is 2. The van der Waals surface area contributed by atoms with E-state index in [-0.39, 0.29) is 12.4 Å². The molecule has 0 unspecified atom stereocenters. The van der Waals surface area contributed by atoms with Gasteiger partial charge in [0.1, 0.15) is 11.6 Å². The van der Waals surface area contributed by atoms with Crippen molar-refractivity contribution in [1.29, 1.82) is 0 Å². The third-order valence-corrected chi connectivity index (χ3v) is 3.04. The van der Waals surface area contributed by atoms with Crippen LogP contribution in [-0.4, -0.2) is 28.0 Å². The Morgan fingerprint density at radius 2 is 2.10 bits per heavy atom. The Hall–Kier alpha value is -2.27. The topological polar surface area (TPSA) is 72.3 Å². The van der Waals surface area contributed by atoms with E-state index in [4.69, 9.17) is 4.74 Å². The average molecular weight is 272 g/mol. The van der Waals surface area contributed by atoms with Crippen molar-refractivity contribution in [2.75, 3.05) is 7.11 Å². The molecule has 0 fully saturated rings. The Labute approximate surface area is 117 Å². The summed E-state index contributed by atoms with van der Waals surface area (Å²) in [4.78, 5) is 19.8. The van der Waals surface area contributed by atoms with Gasteiger partial charge in [-0.25, -0.2) is 9.97 Å². The summed E-state index contributed by atoms with van der Waals surface area (Å²) in [7, 11) is 1.54. The molecule has 1 heterocycles. The Kier molecular flexibility index (Phi) is 4.10. The van der Waals surface area contributed by atoms with Crippen LogP contribution in [0.1, 0.15) is 28.8 Å². The zero-order chi connectivity index (χ0) is 14.7. The van der Waals surface area contributed by atoms with Gasteiger partial charge in [0.15, 0.2) is 5.78 Å². The molecule has 20 heavy (non-hydrogen) atoms. The summed E-state index contributed by atoms with van der Waals surface area (Å²) in [6.07, 6.45) is 1.65. The molecule has 2 aromatic rings. The fourth-order valence-electron chi connectivity index (χ4n) is 2.00. The highest BCUT2D eigenvalue weighted by Gasteiger charge is 2.13. The molecule has 5 heteroatoms. The van der Waals surface area contributed by atoms with Gasteiger partial charge in [-0.2, -0.15) is 0 Å². The maximum Gasteiger partial charge on any atom is 0.159 e. The number of hydrogen-bond acceptors (Lipinski definition) is 5. The van der Waals surface area contributed by atoms with Crippen LogP contribution in [0.5, 0.6) is 5.75 Å². The number of Topliss-reactive ketones (excluding diaryl/α,β-unsaturated/α-hetero) is 1. The molecule has 0 aliphatic heterocycles. The normalized spacial score (nSPS) is 10.4. The van der Waals surface area contributed by atoms with Gasteiger partial charge < -0.3 is 9.84 Å². The molecular formula is C15H16N2O3. The van der Waals surface area contributed by atoms with Gasteiger partial charge in [-0.05, 0) is 26.0 Å². The fraction of sp³-hybridized carbons (Fsp3) is 0.267. The monoisotopic (exact) mass is 272 g/mol. The molecule has 0 spiro atoms. The van der Waals surface area contributed by atoms with Crippen molar-refractivity contribution in [2.24, 2.45) is 0 Å². The van der Waals surface area contributed by atoms with Crippen LogP contribution >= 0.6 is 0 Å². The molecule has 1 N–H and O–H groups in total. The number of ether oxygens (including phenoxy) is 1. The highest BCUT2D eigenvalue weighted by molar-refractivity contribution is 5.95. The summed E-state index contributed by atoms with van der Waals surface area (Å²) in [5, 5.41) is 9.43. The van der Waals surface area contributed by atoms with Crippen LogP contribution in [0, 0.1) is 6.92 Å². The lowest BCUT2D eigenvalue weighted by Gasteiger charge is -2.12. The number of aryl methyl sites for hydroxylation is 1. The minimum atomic E-state index is -0.184. The van der Waals surface area contributed by atoms with Crippen LogP contribution in [0.2, 0.25) is 0 Å². The lowest BCUT2D eigenvalue weighted by atomic mass is 10.0. The van der Waals surface area contributed by atoms with E-state index in [1.165, 1.54) is 14.0 Å². The standard InChI is InChI=1S/C15H16N2O3/c1-9(19)11-4-5-12(15(6-11)20-3)13-7-16-10(2)17-14(13)8-18/h4-7,18H,8H2,1-3H3. The van der Waals surface area contributed by atoms with Crippen molar-refractivity contribution >= 4 is 5.78 Å². The average Bonchev–Trinajstić information content (AvgIpc) is 2.46. The minimum absolute atomic E-state index is 0.0302. The number of aliphatic hydroxyl groups is 1. The van der Waals surface area contributed by atoms with Crippen LogP contribution in [0.3, 0.4) is 0 Å². The quantitative estimate of drug-likeness (QED) is 0.863. The second-order valence-corrected chi connectivity index (χ2v) is 4.41. The van der Waals surface area contributed by atoms with Crippen molar-refractivity contribution in [3.05, 3.63) is 41.5 Å². The van der Waals surface area contributed by atoms with Gasteiger partial charge in [-0.15, -0.1) is 0 Å². The summed E-state index contributed by atoms with van der Waals surface area (Å²) in [5.41, 5.74) is 2.56. The highest BCUT2D eigenvalue weighted by Crippen LogP contribution is 2.32. The Balaban J connectivity index is 2.60. The number of rotatable bonds is 4. The number of carbonyl (C=O) groups excluding carboxylic acids is 1. The van der Waals surface area contributed by atoms with E-state index in [9.17, 15) is 9.90 Å². The second-order valence-electron chi connectivity index (χ2n) is 4.41. The molecule has 0 amide bonds. The summed E-state index contributed by atoms with van der Waals surface area (Å²) in [6.45, 7) is 3.08. The van der Waals surface area contributed by atoms with E-state index in [0.717, 1.165) is 5.56 Å². The van der Waals surface area contributed by atoms with Gasteiger partial charge in [0.2, 0.25) is 0 Å². The number of methoxy groups -OCH3 is 1. The molecule has 1 aromatic heterocycles. The zero-order valence-electron chi connectivity index (χ0n) is 11.7. The molecule has 5 nitrogen and oxygen atoms in total. The molecule has 0 bridgehead atoms. The van der Waals surface area contributed by atoms with Gasteiger partial charge in [0, 0.05) is 22.9 Å². The third-order valence-electron chi connectivity index (χ3n) is 3.04. The van der Waals surface area contributed by atoms with Gasteiger partial charge in [0.05, 0.1) is 19.4 Å². The molecule has 0 saturated carbocycles. The van der Waals surface area contributed by atoms with Gasteiger partial charge >= 0.3 is 0 Å². The molecule has 0 aliphatic rings. The van der Waals surface area contributed by atoms with Gasteiger partial charge in [-0.3, -0.25) is 4.79 Å². The Morgan fingerprint density at radius 1 is 1.35 bits per heavy atom. The van der Waals surface area contributed by atoms with E-state index < -0.39 is 0 Å².